The van der Waals surface area contributed by atoms with Crippen LogP contribution in [0.25, 0.3) is 0 Å². The minimum absolute atomic E-state index is 0.112. The van der Waals surface area contributed by atoms with Gasteiger partial charge < -0.3 is 24.7 Å². The van der Waals surface area contributed by atoms with Crippen LogP contribution in [0.2, 0.25) is 0 Å². The average Bonchev–Trinajstić information content (AvgIpc) is 3.27. The zero-order valence-electron chi connectivity index (χ0n) is 18.2. The Morgan fingerprint density at radius 2 is 1.70 bits per heavy atom. The lowest BCUT2D eigenvalue weighted by Crippen LogP contribution is -2.28. The Morgan fingerprint density at radius 1 is 1.07 bits per heavy atom. The summed E-state index contributed by atoms with van der Waals surface area (Å²) in [6.07, 6.45) is 2.03. The van der Waals surface area contributed by atoms with Crippen LogP contribution < -0.4 is 10.6 Å². The van der Waals surface area contributed by atoms with Gasteiger partial charge in [-0.1, -0.05) is 30.3 Å². The van der Waals surface area contributed by atoms with Gasteiger partial charge in [0.15, 0.2) is 5.69 Å². The Hall–Kier alpha value is -2.96. The van der Waals surface area contributed by atoms with Gasteiger partial charge in [-0.05, 0) is 46.1 Å². The van der Waals surface area contributed by atoms with Crippen molar-refractivity contribution in [2.24, 2.45) is 0 Å². The maximum atomic E-state index is 13.2. The van der Waals surface area contributed by atoms with Gasteiger partial charge in [-0.15, -0.1) is 0 Å². The van der Waals surface area contributed by atoms with Crippen LogP contribution in [-0.2, 0) is 16.0 Å². The number of aromatic nitrogens is 1. The summed E-state index contributed by atoms with van der Waals surface area (Å²) in [5, 5.41) is 0. The van der Waals surface area contributed by atoms with Crippen LogP contribution in [0.3, 0.4) is 0 Å². The molecule has 7 nitrogen and oxygen atoms in total. The van der Waals surface area contributed by atoms with E-state index in [1.54, 1.807) is 6.92 Å². The maximum absolute atomic E-state index is 13.2. The van der Waals surface area contributed by atoms with Gasteiger partial charge in [0, 0.05) is 19.6 Å². The first-order valence-corrected chi connectivity index (χ1v) is 10.4. The summed E-state index contributed by atoms with van der Waals surface area (Å²) >= 11 is 0. The van der Waals surface area contributed by atoms with Crippen molar-refractivity contribution in [3.8, 4) is 0 Å². The highest BCUT2D eigenvalue weighted by molar-refractivity contribution is 6.08. The summed E-state index contributed by atoms with van der Waals surface area (Å²) in [6, 6.07) is 9.78. The van der Waals surface area contributed by atoms with E-state index in [1.165, 1.54) is 0 Å². The molecule has 0 unspecified atom stereocenters. The maximum Gasteiger partial charge on any atom is 0.357 e. The van der Waals surface area contributed by atoms with Crippen LogP contribution in [0.4, 0.5) is 11.5 Å². The van der Waals surface area contributed by atoms with Crippen molar-refractivity contribution in [3.63, 3.8) is 0 Å². The second-order valence-electron chi connectivity index (χ2n) is 8.45. The molecule has 3 rings (SSSR count). The standard InChI is InChI=1S/C23H31N3O4/c1-5-29-22(28)19-18(24)17(21(27)30-23(2,3)4)20(25-13-9-10-14-25)26(19)15-16-11-7-6-8-12-16/h6-8,11-12H,5,9-10,13-15,24H2,1-4H3. The van der Waals surface area contributed by atoms with E-state index < -0.39 is 17.5 Å². The van der Waals surface area contributed by atoms with E-state index in [0.717, 1.165) is 31.5 Å². The van der Waals surface area contributed by atoms with Gasteiger partial charge in [-0.25, -0.2) is 9.59 Å². The smallest absolute Gasteiger partial charge is 0.357 e. The number of ether oxygens (including phenoxy) is 2. The molecule has 1 aliphatic heterocycles. The number of nitrogens with zero attached hydrogens (tertiary/aromatic N) is 2. The first-order valence-electron chi connectivity index (χ1n) is 10.4. The molecule has 162 valence electrons. The molecule has 0 amide bonds. The van der Waals surface area contributed by atoms with Crippen molar-refractivity contribution in [2.45, 2.75) is 52.7 Å². The van der Waals surface area contributed by atoms with Crippen LogP contribution in [0.5, 0.6) is 0 Å². The Balaban J connectivity index is 2.21. The minimum Gasteiger partial charge on any atom is -0.461 e. The van der Waals surface area contributed by atoms with Crippen molar-refractivity contribution in [3.05, 3.63) is 47.2 Å². The summed E-state index contributed by atoms with van der Waals surface area (Å²) in [6.45, 7) is 9.36. The molecular weight excluding hydrogens is 382 g/mol. The molecule has 2 aromatic rings. The van der Waals surface area contributed by atoms with E-state index in [-0.39, 0.29) is 23.6 Å². The van der Waals surface area contributed by atoms with Gasteiger partial charge in [0.2, 0.25) is 0 Å². The number of esters is 2. The number of nitrogen functional groups attached to an aromatic ring is 1. The molecule has 30 heavy (non-hydrogen) atoms. The van der Waals surface area contributed by atoms with Crippen molar-refractivity contribution in [1.29, 1.82) is 0 Å². The third-order valence-electron chi connectivity index (χ3n) is 4.93. The van der Waals surface area contributed by atoms with Crippen molar-refractivity contribution in [1.82, 2.24) is 4.57 Å². The summed E-state index contributed by atoms with van der Waals surface area (Å²) in [5.74, 6) is -0.438. The lowest BCUT2D eigenvalue weighted by molar-refractivity contribution is 0.00714. The largest absolute Gasteiger partial charge is 0.461 e. The van der Waals surface area contributed by atoms with Crippen LogP contribution >= 0.6 is 0 Å². The number of carbonyl (C=O) groups excluding carboxylic acids is 2. The predicted molar refractivity (Wildman–Crippen MR) is 117 cm³/mol. The molecule has 0 bridgehead atoms. The van der Waals surface area contributed by atoms with Crippen molar-refractivity contribution in [2.75, 3.05) is 30.3 Å². The summed E-state index contributed by atoms with van der Waals surface area (Å²) in [5.41, 5.74) is 7.29. The van der Waals surface area contributed by atoms with Gasteiger partial charge in [0.05, 0.1) is 12.3 Å². The fraction of sp³-hybridized carbons (Fsp3) is 0.478. The molecule has 1 aromatic heterocycles. The summed E-state index contributed by atoms with van der Waals surface area (Å²) in [4.78, 5) is 28.1. The highest BCUT2D eigenvalue weighted by Crippen LogP contribution is 2.37. The number of hydrogen-bond acceptors (Lipinski definition) is 6. The molecule has 2 N–H and O–H groups in total. The van der Waals surface area contributed by atoms with E-state index in [4.69, 9.17) is 15.2 Å². The molecule has 1 aliphatic rings. The van der Waals surface area contributed by atoms with Crippen LogP contribution in [0.15, 0.2) is 30.3 Å². The third kappa shape index (κ3) is 4.61. The summed E-state index contributed by atoms with van der Waals surface area (Å²) in [7, 11) is 0. The fourth-order valence-corrected chi connectivity index (χ4v) is 3.75. The van der Waals surface area contributed by atoms with E-state index >= 15 is 0 Å². The van der Waals surface area contributed by atoms with Gasteiger partial charge >= 0.3 is 11.9 Å². The first kappa shape index (κ1) is 21.7. The number of carbonyl (C=O) groups is 2. The number of hydrogen-bond donors (Lipinski definition) is 1. The molecule has 2 heterocycles. The topological polar surface area (TPSA) is 86.8 Å². The van der Waals surface area contributed by atoms with E-state index in [0.29, 0.717) is 12.4 Å². The second kappa shape index (κ2) is 8.81. The lowest BCUT2D eigenvalue weighted by Gasteiger charge is -2.24. The molecule has 0 aliphatic carbocycles. The van der Waals surface area contributed by atoms with Gasteiger partial charge in [0.1, 0.15) is 17.0 Å². The van der Waals surface area contributed by atoms with Crippen LogP contribution in [-0.4, -0.2) is 41.8 Å². The number of benzene rings is 1. The average molecular weight is 414 g/mol. The lowest BCUT2D eigenvalue weighted by atomic mass is 10.1. The second-order valence-corrected chi connectivity index (χ2v) is 8.45. The number of anilines is 2. The normalized spacial score (nSPS) is 14.1. The van der Waals surface area contributed by atoms with E-state index in [9.17, 15) is 9.59 Å². The van der Waals surface area contributed by atoms with Crippen molar-refractivity contribution < 1.29 is 19.1 Å². The molecule has 0 saturated carbocycles. The highest BCUT2D eigenvalue weighted by Gasteiger charge is 2.35. The molecule has 7 heteroatoms. The Bertz CT molecular complexity index is 907. The molecule has 0 radical (unpaired) electrons. The van der Waals surface area contributed by atoms with Gasteiger partial charge in [-0.2, -0.15) is 0 Å². The van der Waals surface area contributed by atoms with Crippen LogP contribution in [0, 0.1) is 0 Å². The minimum atomic E-state index is -0.683. The van der Waals surface area contributed by atoms with Gasteiger partial charge in [-0.3, -0.25) is 0 Å². The predicted octanol–water partition coefficient (Wildman–Crippen LogP) is 3.85. The van der Waals surface area contributed by atoms with E-state index in [2.05, 4.69) is 4.90 Å². The van der Waals surface area contributed by atoms with E-state index in [1.807, 2.05) is 55.7 Å². The third-order valence-corrected chi connectivity index (χ3v) is 4.93. The first-order chi connectivity index (χ1) is 14.2. The SMILES string of the molecule is CCOC(=O)c1c(N)c(C(=O)OC(C)(C)C)c(N2CCCC2)n1Cc1ccccc1. The number of rotatable bonds is 6. The van der Waals surface area contributed by atoms with Crippen LogP contribution in [0.1, 0.15) is 66.9 Å². The zero-order valence-corrected chi connectivity index (χ0v) is 18.2. The summed E-state index contributed by atoms with van der Waals surface area (Å²) < 4.78 is 12.8. The molecule has 1 aromatic carbocycles. The Kier molecular flexibility index (Phi) is 6.39. The molecule has 0 atom stereocenters. The Labute approximate surface area is 177 Å². The highest BCUT2D eigenvalue weighted by atomic mass is 16.6. The molecule has 1 saturated heterocycles. The monoisotopic (exact) mass is 413 g/mol. The quantitative estimate of drug-likeness (QED) is 0.724. The number of nitrogens with two attached hydrogens (primary N) is 1. The molecule has 0 spiro atoms. The molecular formula is C23H31N3O4. The van der Waals surface area contributed by atoms with Gasteiger partial charge in [0.25, 0.3) is 0 Å². The fourth-order valence-electron chi connectivity index (χ4n) is 3.75. The zero-order chi connectivity index (χ0) is 21.9. The molecule has 1 fully saturated rings. The van der Waals surface area contributed by atoms with Crippen molar-refractivity contribution >= 4 is 23.4 Å². The Morgan fingerprint density at radius 3 is 2.27 bits per heavy atom.